The second kappa shape index (κ2) is 6.96. The third-order valence-electron chi connectivity index (χ3n) is 3.89. The summed E-state index contributed by atoms with van der Waals surface area (Å²) in [4.78, 5) is 11.6. The van der Waals surface area contributed by atoms with E-state index in [1.165, 1.54) is 13.0 Å². The molecule has 5 heteroatoms. The molecule has 0 saturated carbocycles. The normalized spacial score (nSPS) is 12.7. The minimum absolute atomic E-state index is 0.107. The molecule has 2 aromatic rings. The smallest absolute Gasteiger partial charge is 0.261 e. The van der Waals surface area contributed by atoms with Gasteiger partial charge in [0.15, 0.2) is 5.78 Å². The van der Waals surface area contributed by atoms with Crippen molar-refractivity contribution in [1.29, 1.82) is 0 Å². The molecule has 1 N–H and O–H groups in total. The summed E-state index contributed by atoms with van der Waals surface area (Å²) in [6, 6.07) is 13.4. The summed E-state index contributed by atoms with van der Waals surface area (Å²) in [6.45, 7) is 5.65. The second-order valence-corrected chi connectivity index (χ2v) is 7.30. The van der Waals surface area contributed by atoms with Crippen LogP contribution in [0.25, 0.3) is 0 Å². The van der Waals surface area contributed by atoms with Crippen LogP contribution in [-0.4, -0.2) is 14.2 Å². The van der Waals surface area contributed by atoms with Crippen LogP contribution < -0.4 is 4.72 Å². The van der Waals surface area contributed by atoms with Crippen LogP contribution in [0.4, 0.5) is 5.69 Å². The van der Waals surface area contributed by atoms with Crippen molar-refractivity contribution in [3.8, 4) is 0 Å². The Morgan fingerprint density at radius 3 is 2.35 bits per heavy atom. The van der Waals surface area contributed by atoms with E-state index in [9.17, 15) is 13.2 Å². The molecule has 0 amide bonds. The highest BCUT2D eigenvalue weighted by molar-refractivity contribution is 7.92. The molecule has 0 fully saturated rings. The van der Waals surface area contributed by atoms with Gasteiger partial charge in [0.1, 0.15) is 0 Å². The van der Waals surface area contributed by atoms with Gasteiger partial charge in [-0.25, -0.2) is 8.42 Å². The Balaban J connectivity index is 2.25. The maximum absolute atomic E-state index is 12.4. The van der Waals surface area contributed by atoms with Crippen molar-refractivity contribution >= 4 is 21.5 Å². The van der Waals surface area contributed by atoms with Crippen LogP contribution >= 0.6 is 0 Å². The first-order chi connectivity index (χ1) is 10.8. The number of ketones is 1. The van der Waals surface area contributed by atoms with Crippen molar-refractivity contribution in [1.82, 2.24) is 0 Å². The molecule has 0 aromatic heterocycles. The van der Waals surface area contributed by atoms with Gasteiger partial charge in [0.2, 0.25) is 0 Å². The number of anilines is 1. The van der Waals surface area contributed by atoms with Gasteiger partial charge >= 0.3 is 0 Å². The average Bonchev–Trinajstić information content (AvgIpc) is 2.54. The molecule has 0 aliphatic rings. The molecule has 23 heavy (non-hydrogen) atoms. The van der Waals surface area contributed by atoms with Crippen LogP contribution in [0, 0.1) is 0 Å². The van der Waals surface area contributed by atoms with Crippen molar-refractivity contribution in [3.05, 3.63) is 59.7 Å². The monoisotopic (exact) mass is 331 g/mol. The van der Waals surface area contributed by atoms with Gasteiger partial charge in [0.05, 0.1) is 4.90 Å². The third-order valence-corrected chi connectivity index (χ3v) is 5.29. The molecular formula is C18H21NO3S. The average molecular weight is 331 g/mol. The van der Waals surface area contributed by atoms with E-state index in [1.54, 1.807) is 30.3 Å². The van der Waals surface area contributed by atoms with Crippen molar-refractivity contribution in [3.63, 3.8) is 0 Å². The number of sulfonamides is 1. The number of carbonyl (C=O) groups is 1. The van der Waals surface area contributed by atoms with E-state index in [4.69, 9.17) is 0 Å². The summed E-state index contributed by atoms with van der Waals surface area (Å²) in [5.41, 5.74) is 1.96. The van der Waals surface area contributed by atoms with E-state index in [0.29, 0.717) is 17.2 Å². The highest BCUT2D eigenvalue weighted by atomic mass is 32.2. The van der Waals surface area contributed by atoms with E-state index in [-0.39, 0.29) is 10.7 Å². The molecule has 2 aromatic carbocycles. The van der Waals surface area contributed by atoms with Gasteiger partial charge in [0, 0.05) is 11.3 Å². The lowest BCUT2D eigenvalue weighted by Crippen LogP contribution is -2.13. The number of hydrogen-bond acceptors (Lipinski definition) is 3. The van der Waals surface area contributed by atoms with Crippen LogP contribution in [0.1, 0.15) is 49.0 Å². The molecule has 0 radical (unpaired) electrons. The second-order valence-electron chi connectivity index (χ2n) is 5.62. The Hall–Kier alpha value is -2.14. The lowest BCUT2D eigenvalue weighted by Gasteiger charge is -2.12. The molecular weight excluding hydrogens is 310 g/mol. The lowest BCUT2D eigenvalue weighted by atomic mass is 9.99. The lowest BCUT2D eigenvalue weighted by molar-refractivity contribution is 0.101. The van der Waals surface area contributed by atoms with E-state index in [1.807, 2.05) is 12.1 Å². The van der Waals surface area contributed by atoms with Crippen molar-refractivity contribution < 1.29 is 13.2 Å². The van der Waals surface area contributed by atoms with Crippen molar-refractivity contribution in [2.75, 3.05) is 4.72 Å². The van der Waals surface area contributed by atoms with Gasteiger partial charge in [-0.05, 0) is 49.1 Å². The minimum atomic E-state index is -3.67. The maximum atomic E-state index is 12.4. The Bertz CT molecular complexity index is 795. The van der Waals surface area contributed by atoms with E-state index < -0.39 is 10.0 Å². The van der Waals surface area contributed by atoms with Crippen LogP contribution in [0.2, 0.25) is 0 Å². The van der Waals surface area contributed by atoms with Crippen LogP contribution in [-0.2, 0) is 10.0 Å². The molecule has 0 aliphatic carbocycles. The van der Waals surface area contributed by atoms with Gasteiger partial charge in [0.25, 0.3) is 10.0 Å². The highest BCUT2D eigenvalue weighted by Gasteiger charge is 2.15. The van der Waals surface area contributed by atoms with Gasteiger partial charge in [-0.15, -0.1) is 0 Å². The first-order valence-corrected chi connectivity index (χ1v) is 9.05. The Morgan fingerprint density at radius 1 is 1.13 bits per heavy atom. The number of hydrogen-bond donors (Lipinski definition) is 1. The molecule has 1 unspecified atom stereocenters. The molecule has 4 nitrogen and oxygen atoms in total. The standard InChI is InChI=1S/C18H21NO3S/c1-4-13(2)15-8-10-18(11-9-15)23(21,22)19-17-7-5-6-16(12-17)14(3)20/h5-13,19H,4H2,1-3H3. The number of benzene rings is 2. The predicted molar refractivity (Wildman–Crippen MR) is 92.4 cm³/mol. The fraction of sp³-hybridized carbons (Fsp3) is 0.278. The summed E-state index contributed by atoms with van der Waals surface area (Å²) in [6.07, 6.45) is 1.00. The Labute approximate surface area is 137 Å². The van der Waals surface area contributed by atoms with Gasteiger partial charge in [-0.2, -0.15) is 0 Å². The fourth-order valence-electron chi connectivity index (χ4n) is 2.23. The SMILES string of the molecule is CCC(C)c1ccc(S(=O)(=O)Nc2cccc(C(C)=O)c2)cc1. The van der Waals surface area contributed by atoms with Crippen LogP contribution in [0.15, 0.2) is 53.4 Å². The van der Waals surface area contributed by atoms with E-state index in [0.717, 1.165) is 12.0 Å². The molecule has 2 rings (SSSR count). The molecule has 0 saturated heterocycles. The highest BCUT2D eigenvalue weighted by Crippen LogP contribution is 2.22. The number of Topliss-reactive ketones (excluding diaryl/α,β-unsaturated/α-hetero) is 1. The largest absolute Gasteiger partial charge is 0.295 e. The zero-order valence-corrected chi connectivity index (χ0v) is 14.4. The molecule has 0 heterocycles. The zero-order valence-electron chi connectivity index (χ0n) is 13.5. The third kappa shape index (κ3) is 4.20. The van der Waals surface area contributed by atoms with E-state index >= 15 is 0 Å². The summed E-state index contributed by atoms with van der Waals surface area (Å²) in [7, 11) is -3.67. The number of rotatable bonds is 6. The van der Waals surface area contributed by atoms with Gasteiger partial charge < -0.3 is 0 Å². The maximum Gasteiger partial charge on any atom is 0.261 e. The quantitative estimate of drug-likeness (QED) is 0.807. The first-order valence-electron chi connectivity index (χ1n) is 7.57. The molecule has 0 spiro atoms. The fourth-order valence-corrected chi connectivity index (χ4v) is 3.28. The summed E-state index contributed by atoms with van der Waals surface area (Å²) in [5, 5.41) is 0. The van der Waals surface area contributed by atoms with Crippen LogP contribution in [0.3, 0.4) is 0 Å². The Kier molecular flexibility index (Phi) is 5.21. The molecule has 0 bridgehead atoms. The first kappa shape index (κ1) is 17.2. The predicted octanol–water partition coefficient (Wildman–Crippen LogP) is 4.20. The molecule has 1 atom stereocenters. The topological polar surface area (TPSA) is 63.2 Å². The zero-order chi connectivity index (χ0) is 17.0. The van der Waals surface area contributed by atoms with Crippen LogP contribution in [0.5, 0.6) is 0 Å². The Morgan fingerprint density at radius 2 is 1.78 bits per heavy atom. The molecule has 122 valence electrons. The van der Waals surface area contributed by atoms with Crippen molar-refractivity contribution in [2.45, 2.75) is 38.0 Å². The van der Waals surface area contributed by atoms with Gasteiger partial charge in [-0.3, -0.25) is 9.52 Å². The minimum Gasteiger partial charge on any atom is -0.295 e. The number of carbonyl (C=O) groups excluding carboxylic acids is 1. The van der Waals surface area contributed by atoms with Crippen molar-refractivity contribution in [2.24, 2.45) is 0 Å². The van der Waals surface area contributed by atoms with Gasteiger partial charge in [-0.1, -0.05) is 38.1 Å². The summed E-state index contributed by atoms with van der Waals surface area (Å²) >= 11 is 0. The summed E-state index contributed by atoms with van der Waals surface area (Å²) < 4.78 is 27.4. The molecule has 0 aliphatic heterocycles. The number of nitrogens with one attached hydrogen (secondary N) is 1. The van der Waals surface area contributed by atoms with E-state index in [2.05, 4.69) is 18.6 Å². The summed E-state index contributed by atoms with van der Waals surface area (Å²) in [5.74, 6) is 0.288.